The Morgan fingerprint density at radius 1 is 0.957 bits per heavy atom. The van der Waals surface area contributed by atoms with E-state index in [9.17, 15) is 0 Å². The molecule has 1 aliphatic carbocycles. The first-order chi connectivity index (χ1) is 11.4. The molecule has 0 N–H and O–H groups in total. The lowest BCUT2D eigenvalue weighted by atomic mass is 10.1. The molecule has 5 rings (SSSR count). The van der Waals surface area contributed by atoms with Crippen molar-refractivity contribution in [2.75, 3.05) is 0 Å². The van der Waals surface area contributed by atoms with Gasteiger partial charge in [-0.15, -0.1) is 5.10 Å². The van der Waals surface area contributed by atoms with Crippen LogP contribution < -0.4 is 0 Å². The minimum absolute atomic E-state index is 0.557. The summed E-state index contributed by atoms with van der Waals surface area (Å²) in [5.74, 6) is 0. The van der Waals surface area contributed by atoms with Crippen LogP contribution in [0.4, 0.5) is 0 Å². The molecule has 0 radical (unpaired) electrons. The molecule has 3 aromatic rings. The molecular weight excluding hydrogens is 284 g/mol. The van der Waals surface area contributed by atoms with E-state index < -0.39 is 0 Å². The highest BCUT2D eigenvalue weighted by Gasteiger charge is 2.26. The minimum Gasteiger partial charge on any atom is -0.252 e. The fourth-order valence-electron chi connectivity index (χ4n) is 3.11. The molecule has 2 heterocycles. The molecule has 0 amide bonds. The molecule has 0 bridgehead atoms. The lowest BCUT2D eigenvalue weighted by Gasteiger charge is -2.02. The number of aliphatic imine (C=N–C) groups is 1. The molecule has 2 aromatic carbocycles. The summed E-state index contributed by atoms with van der Waals surface area (Å²) in [6.07, 6.45) is 5.50. The Labute approximate surface area is 134 Å². The highest BCUT2D eigenvalue weighted by atomic mass is 15.4. The van der Waals surface area contributed by atoms with E-state index in [4.69, 9.17) is 4.99 Å². The van der Waals surface area contributed by atoms with Crippen LogP contribution in [-0.4, -0.2) is 20.7 Å². The Hall–Kier alpha value is -2.75. The molecule has 4 nitrogen and oxygen atoms in total. The van der Waals surface area contributed by atoms with Gasteiger partial charge < -0.3 is 0 Å². The predicted molar refractivity (Wildman–Crippen MR) is 91.4 cm³/mol. The van der Waals surface area contributed by atoms with E-state index in [0.29, 0.717) is 6.04 Å². The Kier molecular flexibility index (Phi) is 2.71. The number of fused-ring (bicyclic) bond motifs is 1. The molecular formula is C19H16N4. The van der Waals surface area contributed by atoms with E-state index in [1.54, 1.807) is 0 Å². The molecule has 0 saturated heterocycles. The third-order valence-corrected chi connectivity index (χ3v) is 4.51. The van der Waals surface area contributed by atoms with Crippen molar-refractivity contribution in [3.63, 3.8) is 0 Å². The van der Waals surface area contributed by atoms with Crippen molar-refractivity contribution in [1.82, 2.24) is 15.0 Å². The second-order valence-corrected chi connectivity index (χ2v) is 6.19. The van der Waals surface area contributed by atoms with Crippen molar-refractivity contribution in [1.29, 1.82) is 0 Å². The Morgan fingerprint density at radius 2 is 1.83 bits per heavy atom. The summed E-state index contributed by atoms with van der Waals surface area (Å²) in [4.78, 5) is 4.81. The van der Waals surface area contributed by atoms with Gasteiger partial charge in [0.25, 0.3) is 0 Å². The van der Waals surface area contributed by atoms with Crippen molar-refractivity contribution < 1.29 is 0 Å². The normalized spacial score (nSPS) is 17.4. The van der Waals surface area contributed by atoms with Gasteiger partial charge in [0.2, 0.25) is 0 Å². The van der Waals surface area contributed by atoms with Crippen molar-refractivity contribution >= 4 is 22.4 Å². The minimum atomic E-state index is 0.557. The van der Waals surface area contributed by atoms with E-state index in [1.165, 1.54) is 18.4 Å². The zero-order valence-electron chi connectivity index (χ0n) is 12.7. The largest absolute Gasteiger partial charge is 0.252 e. The lowest BCUT2D eigenvalue weighted by Crippen LogP contribution is -1.98. The van der Waals surface area contributed by atoms with Crippen LogP contribution >= 0.6 is 0 Å². The summed E-state index contributed by atoms with van der Waals surface area (Å²) in [7, 11) is 0. The lowest BCUT2D eigenvalue weighted by molar-refractivity contribution is 0.630. The number of nitrogens with zero attached hydrogens (tertiary/aromatic N) is 4. The first-order valence-corrected chi connectivity index (χ1v) is 8.07. The zero-order valence-corrected chi connectivity index (χ0v) is 12.7. The molecule has 1 aromatic heterocycles. The van der Waals surface area contributed by atoms with Gasteiger partial charge in [0.15, 0.2) is 0 Å². The maximum Gasteiger partial charge on any atom is 0.113 e. The smallest absolute Gasteiger partial charge is 0.113 e. The van der Waals surface area contributed by atoms with Crippen LogP contribution in [0.3, 0.4) is 0 Å². The summed E-state index contributed by atoms with van der Waals surface area (Å²) in [6.45, 7) is 0. The van der Waals surface area contributed by atoms with Gasteiger partial charge >= 0.3 is 0 Å². The highest BCUT2D eigenvalue weighted by molar-refractivity contribution is 6.08. The van der Waals surface area contributed by atoms with E-state index in [-0.39, 0.29) is 0 Å². The third-order valence-electron chi connectivity index (χ3n) is 4.51. The summed E-state index contributed by atoms with van der Waals surface area (Å²) < 4.78 is 2.06. The number of rotatable bonds is 3. The Morgan fingerprint density at radius 3 is 2.65 bits per heavy atom. The van der Waals surface area contributed by atoms with Crippen LogP contribution in [-0.2, 0) is 0 Å². The number of aromatic nitrogens is 3. The van der Waals surface area contributed by atoms with E-state index >= 15 is 0 Å². The maximum atomic E-state index is 4.81. The Balaban J connectivity index is 1.49. The number of hydrogen-bond acceptors (Lipinski definition) is 3. The SMILES string of the molecule is C1=C(c2ccccc2)N=C(c2ccc3c(c2)nnn3C2CC2)C1. The van der Waals surface area contributed by atoms with Gasteiger partial charge in [-0.25, -0.2) is 4.68 Å². The van der Waals surface area contributed by atoms with Crippen molar-refractivity contribution in [3.05, 3.63) is 65.7 Å². The fourth-order valence-corrected chi connectivity index (χ4v) is 3.11. The van der Waals surface area contributed by atoms with E-state index in [0.717, 1.165) is 34.4 Å². The van der Waals surface area contributed by atoms with Gasteiger partial charge in [0.05, 0.1) is 23.0 Å². The van der Waals surface area contributed by atoms with Gasteiger partial charge in [-0.1, -0.05) is 47.7 Å². The summed E-state index contributed by atoms with van der Waals surface area (Å²) in [5, 5.41) is 8.63. The van der Waals surface area contributed by atoms with Crippen molar-refractivity contribution in [3.8, 4) is 0 Å². The standard InChI is InChI=1S/C19H16N4/c1-2-4-13(5-3-1)16-9-10-17(20-16)14-6-11-19-18(12-14)21-22-23(19)15-7-8-15/h1-6,9,11-12,15H,7-8,10H2. The third kappa shape index (κ3) is 2.18. The van der Waals surface area contributed by atoms with Gasteiger partial charge in [0, 0.05) is 6.42 Å². The predicted octanol–water partition coefficient (Wildman–Crippen LogP) is 4.00. The molecule has 0 atom stereocenters. The second kappa shape index (κ2) is 4.88. The van der Waals surface area contributed by atoms with E-state index in [1.807, 2.05) is 18.2 Å². The van der Waals surface area contributed by atoms with Gasteiger partial charge in [-0.2, -0.15) is 0 Å². The molecule has 4 heteroatoms. The second-order valence-electron chi connectivity index (χ2n) is 6.19. The molecule has 2 aliphatic rings. The fraction of sp³-hybridized carbons (Fsp3) is 0.211. The molecule has 0 unspecified atom stereocenters. The summed E-state index contributed by atoms with van der Waals surface area (Å²) >= 11 is 0. The molecule has 1 aliphatic heterocycles. The van der Waals surface area contributed by atoms with Crippen molar-refractivity contribution in [2.45, 2.75) is 25.3 Å². The van der Waals surface area contributed by atoms with Gasteiger partial charge in [-0.05, 0) is 36.1 Å². The van der Waals surface area contributed by atoms with Crippen LogP contribution in [0.25, 0.3) is 16.7 Å². The van der Waals surface area contributed by atoms with Crippen LogP contribution in [0.15, 0.2) is 59.6 Å². The van der Waals surface area contributed by atoms with E-state index in [2.05, 4.69) is 51.4 Å². The number of allylic oxidation sites excluding steroid dienone is 1. The molecule has 0 spiro atoms. The molecule has 23 heavy (non-hydrogen) atoms. The van der Waals surface area contributed by atoms with Crippen molar-refractivity contribution in [2.24, 2.45) is 4.99 Å². The summed E-state index contributed by atoms with van der Waals surface area (Å²) in [6, 6.07) is 17.3. The average Bonchev–Trinajstić information content (AvgIpc) is 3.17. The topological polar surface area (TPSA) is 43.1 Å². The molecule has 1 fully saturated rings. The van der Waals surface area contributed by atoms with Gasteiger partial charge in [0.1, 0.15) is 5.52 Å². The van der Waals surface area contributed by atoms with Crippen LogP contribution in [0.2, 0.25) is 0 Å². The first kappa shape index (κ1) is 12.8. The first-order valence-electron chi connectivity index (χ1n) is 8.07. The van der Waals surface area contributed by atoms with Crippen LogP contribution in [0.1, 0.15) is 36.4 Å². The monoisotopic (exact) mass is 300 g/mol. The van der Waals surface area contributed by atoms with Crippen LogP contribution in [0.5, 0.6) is 0 Å². The quantitative estimate of drug-likeness (QED) is 0.733. The number of benzene rings is 2. The van der Waals surface area contributed by atoms with Gasteiger partial charge in [-0.3, -0.25) is 4.99 Å². The highest BCUT2D eigenvalue weighted by Crippen LogP contribution is 2.36. The maximum absolute atomic E-state index is 4.81. The Bertz CT molecular complexity index is 946. The zero-order chi connectivity index (χ0) is 15.2. The van der Waals surface area contributed by atoms with Crippen LogP contribution in [0, 0.1) is 0 Å². The molecule has 1 saturated carbocycles. The summed E-state index contributed by atoms with van der Waals surface area (Å²) in [5.41, 5.74) is 6.57. The molecule has 112 valence electrons. The average molecular weight is 300 g/mol. The number of hydrogen-bond donors (Lipinski definition) is 0.